The molecule has 0 bridgehead atoms. The fourth-order valence-corrected chi connectivity index (χ4v) is 3.55. The van der Waals surface area contributed by atoms with E-state index in [1.165, 1.54) is 0 Å². The monoisotopic (exact) mass is 398 g/mol. The number of hydrogen-bond acceptors (Lipinski definition) is 4. The molecule has 3 aromatic rings. The molecule has 4 rings (SSSR count). The van der Waals surface area contributed by atoms with Crippen LogP contribution in [0.15, 0.2) is 48.7 Å². The number of aromatic nitrogens is 2. The lowest BCUT2D eigenvalue weighted by Crippen LogP contribution is -2.41. The van der Waals surface area contributed by atoms with E-state index in [1.54, 1.807) is 0 Å². The standard InChI is InChI=1S/C21H23ClN4O2/c22-19-4-2-1-3-17(19)14-26-15-18-13-16(5-6-20(18)24-26)21(27)23-7-8-25-9-11-28-12-10-25/h1-6,13,15H,7-12,14H2,(H,23,27). The molecule has 1 N–H and O–H groups in total. The fraction of sp³-hybridized carbons (Fsp3) is 0.333. The molecular formula is C21H23ClN4O2. The maximum Gasteiger partial charge on any atom is 0.251 e. The second-order valence-corrected chi connectivity index (χ2v) is 7.31. The molecule has 0 radical (unpaired) electrons. The number of halogens is 1. The van der Waals surface area contributed by atoms with E-state index in [2.05, 4.69) is 15.3 Å². The number of rotatable bonds is 6. The summed E-state index contributed by atoms with van der Waals surface area (Å²) in [6.07, 6.45) is 1.95. The Bertz CT molecular complexity index is 966. The lowest BCUT2D eigenvalue weighted by Gasteiger charge is -2.26. The van der Waals surface area contributed by atoms with Gasteiger partial charge in [-0.1, -0.05) is 29.8 Å². The molecule has 28 heavy (non-hydrogen) atoms. The summed E-state index contributed by atoms with van der Waals surface area (Å²) in [5.41, 5.74) is 2.52. The summed E-state index contributed by atoms with van der Waals surface area (Å²) in [6.45, 7) is 5.44. The zero-order chi connectivity index (χ0) is 19.3. The number of morpholine rings is 1. The van der Waals surface area contributed by atoms with E-state index in [0.29, 0.717) is 18.7 Å². The first-order chi connectivity index (χ1) is 13.7. The first-order valence-corrected chi connectivity index (χ1v) is 9.86. The van der Waals surface area contributed by atoms with E-state index in [4.69, 9.17) is 16.3 Å². The van der Waals surface area contributed by atoms with Gasteiger partial charge in [0.2, 0.25) is 0 Å². The Balaban J connectivity index is 1.39. The molecule has 2 aromatic carbocycles. The predicted molar refractivity (Wildman–Crippen MR) is 110 cm³/mol. The molecule has 0 atom stereocenters. The van der Waals surface area contributed by atoms with Crippen LogP contribution in [0.25, 0.3) is 10.9 Å². The third-order valence-electron chi connectivity index (χ3n) is 4.92. The van der Waals surface area contributed by atoms with Gasteiger partial charge in [-0.05, 0) is 29.8 Å². The molecule has 0 spiro atoms. The molecule has 1 aliphatic heterocycles. The van der Waals surface area contributed by atoms with Gasteiger partial charge in [-0.15, -0.1) is 0 Å². The van der Waals surface area contributed by atoms with Gasteiger partial charge in [0.05, 0.1) is 25.3 Å². The van der Waals surface area contributed by atoms with Crippen LogP contribution in [0, 0.1) is 0 Å². The highest BCUT2D eigenvalue weighted by Crippen LogP contribution is 2.19. The Labute approximate surface area is 169 Å². The highest BCUT2D eigenvalue weighted by atomic mass is 35.5. The average molecular weight is 399 g/mol. The van der Waals surface area contributed by atoms with Crippen molar-refractivity contribution in [3.63, 3.8) is 0 Å². The zero-order valence-corrected chi connectivity index (χ0v) is 16.4. The van der Waals surface area contributed by atoms with Crippen molar-refractivity contribution in [1.82, 2.24) is 20.0 Å². The van der Waals surface area contributed by atoms with Gasteiger partial charge < -0.3 is 10.1 Å². The first kappa shape index (κ1) is 18.9. The third-order valence-corrected chi connectivity index (χ3v) is 5.29. The molecule has 7 heteroatoms. The highest BCUT2D eigenvalue weighted by molar-refractivity contribution is 6.31. The molecule has 0 unspecified atom stereocenters. The van der Waals surface area contributed by atoms with Crippen molar-refractivity contribution in [2.24, 2.45) is 0 Å². The summed E-state index contributed by atoms with van der Waals surface area (Å²) >= 11 is 6.24. The molecule has 0 aliphatic carbocycles. The summed E-state index contributed by atoms with van der Waals surface area (Å²) < 4.78 is 7.19. The smallest absolute Gasteiger partial charge is 0.251 e. The number of carbonyl (C=O) groups is 1. The summed E-state index contributed by atoms with van der Waals surface area (Å²) in [5, 5.41) is 9.24. The van der Waals surface area contributed by atoms with Crippen LogP contribution >= 0.6 is 11.6 Å². The number of carbonyl (C=O) groups excluding carboxylic acids is 1. The van der Waals surface area contributed by atoms with Gasteiger partial charge in [0, 0.05) is 48.3 Å². The molecule has 1 fully saturated rings. The molecular weight excluding hydrogens is 376 g/mol. The Morgan fingerprint density at radius 3 is 2.82 bits per heavy atom. The second-order valence-electron chi connectivity index (χ2n) is 6.90. The van der Waals surface area contributed by atoms with Gasteiger partial charge in [0.1, 0.15) is 0 Å². The Kier molecular flexibility index (Phi) is 5.90. The van der Waals surface area contributed by atoms with Crippen LogP contribution in [0.1, 0.15) is 15.9 Å². The van der Waals surface area contributed by atoms with Gasteiger partial charge in [-0.2, -0.15) is 5.10 Å². The van der Waals surface area contributed by atoms with Crippen LogP contribution in [0.4, 0.5) is 0 Å². The normalized spacial score (nSPS) is 15.0. The molecule has 1 saturated heterocycles. The second kappa shape index (κ2) is 8.73. The van der Waals surface area contributed by atoms with E-state index in [0.717, 1.165) is 54.3 Å². The fourth-order valence-electron chi connectivity index (χ4n) is 3.35. The summed E-state index contributed by atoms with van der Waals surface area (Å²) in [6, 6.07) is 13.3. The topological polar surface area (TPSA) is 59.4 Å². The van der Waals surface area contributed by atoms with E-state index in [1.807, 2.05) is 53.3 Å². The van der Waals surface area contributed by atoms with E-state index in [-0.39, 0.29) is 5.91 Å². The van der Waals surface area contributed by atoms with Crippen molar-refractivity contribution < 1.29 is 9.53 Å². The molecule has 6 nitrogen and oxygen atoms in total. The van der Waals surface area contributed by atoms with Crippen molar-refractivity contribution >= 4 is 28.4 Å². The minimum atomic E-state index is -0.0611. The average Bonchev–Trinajstić information content (AvgIpc) is 3.12. The van der Waals surface area contributed by atoms with Crippen LogP contribution in [0.3, 0.4) is 0 Å². The Morgan fingerprint density at radius 2 is 2.00 bits per heavy atom. The maximum absolute atomic E-state index is 12.5. The number of nitrogens with one attached hydrogen (secondary N) is 1. The number of fused-ring (bicyclic) bond motifs is 1. The van der Waals surface area contributed by atoms with Crippen LogP contribution in [0.2, 0.25) is 5.02 Å². The molecule has 1 aliphatic rings. The van der Waals surface area contributed by atoms with Gasteiger partial charge >= 0.3 is 0 Å². The van der Waals surface area contributed by atoms with Crippen molar-refractivity contribution in [2.75, 3.05) is 39.4 Å². The minimum absolute atomic E-state index is 0.0611. The predicted octanol–water partition coefficient (Wildman–Crippen LogP) is 2.80. The zero-order valence-electron chi connectivity index (χ0n) is 15.6. The number of amides is 1. The molecule has 1 aromatic heterocycles. The Morgan fingerprint density at radius 1 is 1.18 bits per heavy atom. The molecule has 0 saturated carbocycles. The summed E-state index contributed by atoms with van der Waals surface area (Å²) in [5.74, 6) is -0.0611. The number of benzene rings is 2. The van der Waals surface area contributed by atoms with Crippen LogP contribution < -0.4 is 5.32 Å². The molecule has 1 amide bonds. The van der Waals surface area contributed by atoms with Gasteiger partial charge in [0.25, 0.3) is 5.91 Å². The quantitative estimate of drug-likeness (QED) is 0.693. The number of hydrogen-bond donors (Lipinski definition) is 1. The summed E-state index contributed by atoms with van der Waals surface area (Å²) in [7, 11) is 0. The van der Waals surface area contributed by atoms with Crippen LogP contribution in [-0.4, -0.2) is 60.0 Å². The maximum atomic E-state index is 12.5. The third kappa shape index (κ3) is 4.52. The number of nitrogens with zero attached hydrogens (tertiary/aromatic N) is 3. The number of ether oxygens (including phenoxy) is 1. The van der Waals surface area contributed by atoms with E-state index < -0.39 is 0 Å². The Hall–Kier alpha value is -2.41. The SMILES string of the molecule is O=C(NCCN1CCOCC1)c1ccc2nn(Cc3ccccc3Cl)cc2c1. The first-order valence-electron chi connectivity index (χ1n) is 9.48. The molecule has 146 valence electrons. The van der Waals surface area contributed by atoms with Gasteiger partial charge in [0.15, 0.2) is 0 Å². The molecule has 2 heterocycles. The van der Waals surface area contributed by atoms with Gasteiger partial charge in [-0.3, -0.25) is 14.4 Å². The van der Waals surface area contributed by atoms with Crippen LogP contribution in [-0.2, 0) is 11.3 Å². The van der Waals surface area contributed by atoms with Crippen molar-refractivity contribution in [1.29, 1.82) is 0 Å². The van der Waals surface area contributed by atoms with Gasteiger partial charge in [-0.25, -0.2) is 0 Å². The largest absolute Gasteiger partial charge is 0.379 e. The lowest BCUT2D eigenvalue weighted by molar-refractivity contribution is 0.0383. The lowest BCUT2D eigenvalue weighted by atomic mass is 10.1. The van der Waals surface area contributed by atoms with Crippen molar-refractivity contribution in [3.05, 3.63) is 64.8 Å². The highest BCUT2D eigenvalue weighted by Gasteiger charge is 2.12. The van der Waals surface area contributed by atoms with E-state index in [9.17, 15) is 4.79 Å². The minimum Gasteiger partial charge on any atom is -0.379 e. The van der Waals surface area contributed by atoms with Crippen LogP contribution in [0.5, 0.6) is 0 Å². The van der Waals surface area contributed by atoms with E-state index >= 15 is 0 Å². The van der Waals surface area contributed by atoms with Crippen molar-refractivity contribution in [2.45, 2.75) is 6.54 Å². The summed E-state index contributed by atoms with van der Waals surface area (Å²) in [4.78, 5) is 14.8. The van der Waals surface area contributed by atoms with Crippen molar-refractivity contribution in [3.8, 4) is 0 Å².